The lowest BCUT2D eigenvalue weighted by Crippen LogP contribution is -2.23. The Morgan fingerprint density at radius 2 is 1.97 bits per heavy atom. The van der Waals surface area contributed by atoms with Gasteiger partial charge in [-0.25, -0.2) is 0 Å². The first-order valence-electron chi connectivity index (χ1n) is 7.83. The number of nitrogens with one attached hydrogen (secondary N) is 2. The largest absolute Gasteiger partial charge is 0.543 e. The molecule has 29 heavy (non-hydrogen) atoms. The second kappa shape index (κ2) is 7.90. The summed E-state index contributed by atoms with van der Waals surface area (Å²) in [4.78, 5) is 36.0. The van der Waals surface area contributed by atoms with Crippen molar-refractivity contribution < 1.29 is 24.0 Å². The highest BCUT2D eigenvalue weighted by atomic mass is 35.5. The van der Waals surface area contributed by atoms with Gasteiger partial charge >= 0.3 is 5.69 Å². The lowest BCUT2D eigenvalue weighted by atomic mass is 10.1. The van der Waals surface area contributed by atoms with Gasteiger partial charge in [0.1, 0.15) is 0 Å². The molecular weight excluding hydrogens is 428 g/mol. The molecule has 148 valence electrons. The zero-order valence-corrected chi connectivity index (χ0v) is 15.7. The molecule has 0 atom stereocenters. The van der Waals surface area contributed by atoms with Crippen LogP contribution in [0.25, 0.3) is 17.0 Å². The fourth-order valence-corrected chi connectivity index (χ4v) is 3.29. The second-order valence-corrected chi connectivity index (χ2v) is 6.57. The maximum absolute atomic E-state index is 14.1. The number of carboxylic acid groups (broad SMARTS) is 1. The summed E-state index contributed by atoms with van der Waals surface area (Å²) in [5.74, 6) is -3.61. The monoisotopic (exact) mass is 436 g/mol. The third-order valence-electron chi connectivity index (χ3n) is 3.89. The van der Waals surface area contributed by atoms with E-state index in [0.717, 1.165) is 24.3 Å². The smallest absolute Gasteiger partial charge is 0.306 e. The van der Waals surface area contributed by atoms with Crippen LogP contribution in [0.5, 0.6) is 0 Å². The zero-order valence-electron chi connectivity index (χ0n) is 14.2. The van der Waals surface area contributed by atoms with Crippen molar-refractivity contribution >= 4 is 63.4 Å². The molecule has 2 N–H and O–H groups in total. The molecule has 0 aliphatic carbocycles. The molecule has 0 aliphatic rings. The summed E-state index contributed by atoms with van der Waals surface area (Å²) in [7, 11) is 0. The van der Waals surface area contributed by atoms with E-state index in [9.17, 15) is 29.2 Å². The molecule has 0 bridgehead atoms. The molecule has 1 heterocycles. The molecular formula is C18H9Cl2FN3O5-. The van der Waals surface area contributed by atoms with Gasteiger partial charge in [0.05, 0.1) is 27.3 Å². The number of nitro groups is 1. The number of amides is 1. The Balaban J connectivity index is 1.96. The Morgan fingerprint density at radius 1 is 1.24 bits per heavy atom. The van der Waals surface area contributed by atoms with Crippen LogP contribution >= 0.6 is 23.2 Å². The van der Waals surface area contributed by atoms with Gasteiger partial charge in [0, 0.05) is 33.6 Å². The summed E-state index contributed by atoms with van der Waals surface area (Å²) in [6.07, 6.45) is 2.08. The molecule has 1 amide bonds. The molecule has 0 saturated heterocycles. The van der Waals surface area contributed by atoms with Crippen molar-refractivity contribution in [1.29, 1.82) is 0 Å². The summed E-state index contributed by atoms with van der Waals surface area (Å²) < 4.78 is 14.1. The quantitative estimate of drug-likeness (QED) is 0.359. The van der Waals surface area contributed by atoms with E-state index in [-0.39, 0.29) is 21.3 Å². The van der Waals surface area contributed by atoms with Crippen LogP contribution in [-0.4, -0.2) is 21.8 Å². The minimum absolute atomic E-state index is 0.0522. The number of rotatable bonds is 5. The number of nitrogens with zero attached hydrogens (tertiary/aromatic N) is 1. The lowest BCUT2D eigenvalue weighted by Gasteiger charge is -2.05. The molecule has 3 rings (SSSR count). The van der Waals surface area contributed by atoms with Crippen molar-refractivity contribution in [3.63, 3.8) is 0 Å². The van der Waals surface area contributed by atoms with E-state index in [1.54, 1.807) is 0 Å². The Bertz CT molecular complexity index is 1210. The van der Waals surface area contributed by atoms with Crippen LogP contribution in [-0.2, 0) is 4.79 Å². The first kappa shape index (κ1) is 20.3. The van der Waals surface area contributed by atoms with Crippen molar-refractivity contribution in [2.24, 2.45) is 0 Å². The number of aromatic carboxylic acids is 1. The number of benzene rings is 2. The molecule has 1 aromatic heterocycles. The number of H-pyrrole nitrogens is 1. The van der Waals surface area contributed by atoms with E-state index in [2.05, 4.69) is 10.3 Å². The zero-order chi connectivity index (χ0) is 21.3. The highest BCUT2D eigenvalue weighted by Gasteiger charge is 2.18. The van der Waals surface area contributed by atoms with Crippen LogP contribution < -0.4 is 10.4 Å². The third-order valence-corrected chi connectivity index (χ3v) is 4.41. The molecule has 2 aromatic carbocycles. The predicted molar refractivity (Wildman–Crippen MR) is 103 cm³/mol. The van der Waals surface area contributed by atoms with Gasteiger partial charge in [0.25, 0.3) is 0 Å². The molecule has 0 unspecified atom stereocenters. The van der Waals surface area contributed by atoms with Crippen LogP contribution in [0.1, 0.15) is 16.1 Å². The van der Waals surface area contributed by atoms with Crippen molar-refractivity contribution in [2.45, 2.75) is 0 Å². The molecule has 0 spiro atoms. The standard InChI is InChI=1S/C18H10Cl2FN3O5/c19-8-6-10(20)15-9(17(18(26)27)23-12(15)7-8)4-5-14(25)22-11-2-1-3-13(16(11)21)24(28)29/h1-7,23H,(H,22,25)(H,26,27)/p-1/b5-4+. The first-order valence-corrected chi connectivity index (χ1v) is 8.58. The van der Waals surface area contributed by atoms with Crippen molar-refractivity contribution in [3.05, 3.63) is 73.6 Å². The van der Waals surface area contributed by atoms with E-state index < -0.39 is 34.0 Å². The normalized spacial score (nSPS) is 11.1. The van der Waals surface area contributed by atoms with Gasteiger partial charge in [-0.1, -0.05) is 29.3 Å². The van der Waals surface area contributed by atoms with Crippen LogP contribution in [0, 0.1) is 15.9 Å². The second-order valence-electron chi connectivity index (χ2n) is 5.73. The van der Waals surface area contributed by atoms with Crippen LogP contribution in [0.2, 0.25) is 10.0 Å². The SMILES string of the molecule is O=C(/C=C/c1c(C(=O)[O-])[nH]c2cc(Cl)cc(Cl)c12)Nc1cccc([N+](=O)[O-])c1F. The number of hydrogen-bond acceptors (Lipinski definition) is 5. The van der Waals surface area contributed by atoms with E-state index in [0.29, 0.717) is 10.9 Å². The fraction of sp³-hybridized carbons (Fsp3) is 0. The number of carbonyl (C=O) groups is 2. The van der Waals surface area contributed by atoms with Crippen LogP contribution in [0.3, 0.4) is 0 Å². The number of aromatic nitrogens is 1. The number of halogens is 3. The van der Waals surface area contributed by atoms with Gasteiger partial charge in [0.15, 0.2) is 0 Å². The Hall–Kier alpha value is -3.43. The topological polar surface area (TPSA) is 128 Å². The number of aromatic amines is 1. The molecule has 0 aliphatic heterocycles. The summed E-state index contributed by atoms with van der Waals surface area (Å²) in [5, 5.41) is 25.0. The van der Waals surface area contributed by atoms with Gasteiger partial charge in [0.2, 0.25) is 11.7 Å². The highest BCUT2D eigenvalue weighted by Crippen LogP contribution is 2.33. The molecule has 8 nitrogen and oxygen atoms in total. The molecule has 0 fully saturated rings. The van der Waals surface area contributed by atoms with Crippen LogP contribution in [0.15, 0.2) is 36.4 Å². The molecule has 0 saturated carbocycles. The summed E-state index contributed by atoms with van der Waals surface area (Å²) >= 11 is 12.0. The minimum atomic E-state index is -1.54. The van der Waals surface area contributed by atoms with Crippen LogP contribution in [0.4, 0.5) is 15.8 Å². The van der Waals surface area contributed by atoms with E-state index >= 15 is 0 Å². The van der Waals surface area contributed by atoms with Gasteiger partial charge < -0.3 is 20.2 Å². The fourth-order valence-electron chi connectivity index (χ4n) is 2.69. The predicted octanol–water partition coefficient (Wildman–Crippen LogP) is 3.54. The summed E-state index contributed by atoms with van der Waals surface area (Å²) in [6, 6.07) is 6.15. The Kier molecular flexibility index (Phi) is 5.53. The maximum atomic E-state index is 14.1. The number of hydrogen-bond donors (Lipinski definition) is 2. The van der Waals surface area contributed by atoms with Crippen molar-refractivity contribution in [2.75, 3.05) is 5.32 Å². The Labute approximate surface area is 171 Å². The number of carboxylic acids is 1. The first-order chi connectivity index (χ1) is 13.7. The number of nitro benzene ring substituents is 1. The minimum Gasteiger partial charge on any atom is -0.543 e. The third kappa shape index (κ3) is 4.05. The van der Waals surface area contributed by atoms with Crippen molar-refractivity contribution in [1.82, 2.24) is 4.98 Å². The summed E-state index contributed by atoms with van der Waals surface area (Å²) in [6.45, 7) is 0. The van der Waals surface area contributed by atoms with Gasteiger partial charge in [-0.2, -0.15) is 4.39 Å². The number of fused-ring (bicyclic) bond motifs is 1. The van der Waals surface area contributed by atoms with E-state index in [1.165, 1.54) is 18.2 Å². The van der Waals surface area contributed by atoms with Gasteiger partial charge in [-0.15, -0.1) is 0 Å². The number of carbonyl (C=O) groups excluding carboxylic acids is 2. The number of anilines is 1. The van der Waals surface area contributed by atoms with Crippen molar-refractivity contribution in [3.8, 4) is 0 Å². The van der Waals surface area contributed by atoms with E-state index in [1.807, 2.05) is 0 Å². The lowest BCUT2D eigenvalue weighted by molar-refractivity contribution is -0.387. The van der Waals surface area contributed by atoms with Gasteiger partial charge in [-0.3, -0.25) is 14.9 Å². The average Bonchev–Trinajstić information content (AvgIpc) is 3.00. The molecule has 0 radical (unpaired) electrons. The van der Waals surface area contributed by atoms with E-state index in [4.69, 9.17) is 23.2 Å². The average molecular weight is 437 g/mol. The maximum Gasteiger partial charge on any atom is 0.306 e. The molecule has 3 aromatic rings. The summed E-state index contributed by atoms with van der Waals surface area (Å²) in [5.41, 5.74) is -1.18. The Morgan fingerprint density at radius 3 is 2.62 bits per heavy atom. The highest BCUT2D eigenvalue weighted by molar-refractivity contribution is 6.39. The van der Waals surface area contributed by atoms with Gasteiger partial charge in [-0.05, 0) is 24.3 Å². The molecule has 11 heteroatoms.